The molecule has 4 aliphatic rings. The second kappa shape index (κ2) is 6.17. The van der Waals surface area contributed by atoms with E-state index in [4.69, 9.17) is 11.6 Å². The summed E-state index contributed by atoms with van der Waals surface area (Å²) in [6.07, 6.45) is 8.65. The van der Waals surface area contributed by atoms with Crippen molar-refractivity contribution in [3.63, 3.8) is 0 Å². The first kappa shape index (κ1) is 16.1. The standard InChI is InChI=1S/C18H17BrClIS/c19-4-3-14-15(20)1-2-16(21)17(14)22-18-8-11-5-12(9-18)7-13(6-11)10-18/h1-2,11-13H,5-10H2. The lowest BCUT2D eigenvalue weighted by molar-refractivity contribution is 0.0383. The first-order chi connectivity index (χ1) is 10.6. The Balaban J connectivity index is 1.72. The van der Waals surface area contributed by atoms with Gasteiger partial charge in [-0.2, -0.15) is 0 Å². The molecular weight excluding hydrogens is 491 g/mol. The SMILES string of the molecule is Clc1ccc(I)c(SC23CC4CC(CC(C4)C2)C3)c1C#CBr. The fraction of sp³-hybridized carbons (Fsp3) is 0.556. The van der Waals surface area contributed by atoms with E-state index in [-0.39, 0.29) is 0 Å². The molecule has 0 heterocycles. The Hall–Kier alpha value is 0.630. The van der Waals surface area contributed by atoms with Crippen molar-refractivity contribution in [2.24, 2.45) is 17.8 Å². The molecule has 4 aliphatic carbocycles. The van der Waals surface area contributed by atoms with Gasteiger partial charge in [0.05, 0.1) is 10.6 Å². The van der Waals surface area contributed by atoms with Gasteiger partial charge in [0, 0.05) is 29.1 Å². The second-order valence-electron chi connectivity index (χ2n) is 7.16. The van der Waals surface area contributed by atoms with Crippen LogP contribution in [0, 0.1) is 32.1 Å². The fourth-order valence-corrected chi connectivity index (χ4v) is 8.23. The first-order valence-corrected chi connectivity index (χ1v) is 10.9. The summed E-state index contributed by atoms with van der Waals surface area (Å²) in [4.78, 5) is 4.17. The molecule has 0 amide bonds. The van der Waals surface area contributed by atoms with Crippen molar-refractivity contribution >= 4 is 61.9 Å². The van der Waals surface area contributed by atoms with Gasteiger partial charge in [-0.25, -0.2) is 0 Å². The zero-order valence-corrected chi connectivity index (χ0v) is 17.5. The molecule has 0 saturated heterocycles. The molecule has 4 saturated carbocycles. The average Bonchev–Trinajstić information content (AvgIpc) is 2.45. The Morgan fingerprint density at radius 2 is 1.73 bits per heavy atom. The maximum Gasteiger partial charge on any atom is 0.0587 e. The number of halogens is 3. The van der Waals surface area contributed by atoms with Gasteiger partial charge < -0.3 is 0 Å². The average molecular weight is 508 g/mol. The van der Waals surface area contributed by atoms with E-state index in [1.54, 1.807) is 0 Å². The van der Waals surface area contributed by atoms with Gasteiger partial charge in [-0.15, -0.1) is 11.8 Å². The van der Waals surface area contributed by atoms with Crippen molar-refractivity contribution in [1.82, 2.24) is 0 Å². The Labute approximate surface area is 163 Å². The Morgan fingerprint density at radius 1 is 1.14 bits per heavy atom. The van der Waals surface area contributed by atoms with Crippen LogP contribution in [-0.4, -0.2) is 4.75 Å². The van der Waals surface area contributed by atoms with E-state index in [0.29, 0.717) is 4.75 Å². The minimum Gasteiger partial charge on any atom is -0.117 e. The zero-order valence-electron chi connectivity index (χ0n) is 12.2. The summed E-state index contributed by atoms with van der Waals surface area (Å²) in [6.45, 7) is 0. The van der Waals surface area contributed by atoms with Gasteiger partial charge in [0.2, 0.25) is 0 Å². The highest BCUT2D eigenvalue weighted by Gasteiger charge is 2.51. The first-order valence-electron chi connectivity index (χ1n) is 7.87. The number of hydrogen-bond donors (Lipinski definition) is 0. The molecule has 0 radical (unpaired) electrons. The van der Waals surface area contributed by atoms with Crippen molar-refractivity contribution in [2.45, 2.75) is 48.2 Å². The summed E-state index contributed by atoms with van der Waals surface area (Å²) < 4.78 is 1.73. The van der Waals surface area contributed by atoms with E-state index < -0.39 is 0 Å². The fourth-order valence-electron chi connectivity index (χ4n) is 5.17. The summed E-state index contributed by atoms with van der Waals surface area (Å²) in [7, 11) is 0. The molecule has 0 atom stereocenters. The molecular formula is C18H17BrClIS. The minimum absolute atomic E-state index is 0.447. The van der Waals surface area contributed by atoms with Crippen molar-refractivity contribution in [3.05, 3.63) is 26.3 Å². The summed E-state index contributed by atoms with van der Waals surface area (Å²) in [6, 6.07) is 4.10. The molecule has 0 N–H and O–H groups in total. The molecule has 1 aromatic carbocycles. The van der Waals surface area contributed by atoms with Gasteiger partial charge in [0.15, 0.2) is 0 Å². The molecule has 4 heteroatoms. The van der Waals surface area contributed by atoms with Gasteiger partial charge in [0.1, 0.15) is 0 Å². The predicted octanol–water partition coefficient (Wildman–Crippen LogP) is 6.71. The molecule has 116 valence electrons. The smallest absolute Gasteiger partial charge is 0.0587 e. The summed E-state index contributed by atoms with van der Waals surface area (Å²) in [5.74, 6) is 6.10. The van der Waals surface area contributed by atoms with E-state index in [2.05, 4.69) is 67.1 Å². The number of hydrogen-bond acceptors (Lipinski definition) is 1. The molecule has 4 bridgehead atoms. The maximum absolute atomic E-state index is 6.43. The van der Waals surface area contributed by atoms with Crippen molar-refractivity contribution in [2.75, 3.05) is 0 Å². The van der Waals surface area contributed by atoms with Crippen LogP contribution >= 0.6 is 61.9 Å². The largest absolute Gasteiger partial charge is 0.117 e. The van der Waals surface area contributed by atoms with Crippen LogP contribution in [0.4, 0.5) is 0 Å². The van der Waals surface area contributed by atoms with Crippen LogP contribution in [0.25, 0.3) is 0 Å². The van der Waals surface area contributed by atoms with Crippen LogP contribution in [0.2, 0.25) is 5.02 Å². The lowest BCUT2D eigenvalue weighted by Crippen LogP contribution is -2.48. The maximum atomic E-state index is 6.43. The molecule has 0 aliphatic heterocycles. The quantitative estimate of drug-likeness (QED) is 0.317. The molecule has 1 aromatic rings. The topological polar surface area (TPSA) is 0 Å². The van der Waals surface area contributed by atoms with Crippen LogP contribution in [0.5, 0.6) is 0 Å². The van der Waals surface area contributed by atoms with Gasteiger partial charge in [-0.05, 0) is 95.8 Å². The van der Waals surface area contributed by atoms with E-state index in [9.17, 15) is 0 Å². The lowest BCUT2D eigenvalue weighted by atomic mass is 9.56. The highest BCUT2D eigenvalue weighted by molar-refractivity contribution is 14.1. The van der Waals surface area contributed by atoms with Gasteiger partial charge in [0.25, 0.3) is 0 Å². The molecule has 0 spiro atoms. The van der Waals surface area contributed by atoms with E-state index in [0.717, 1.165) is 28.3 Å². The third kappa shape index (κ3) is 2.87. The van der Waals surface area contributed by atoms with Crippen LogP contribution in [-0.2, 0) is 0 Å². The van der Waals surface area contributed by atoms with E-state index in [1.165, 1.54) is 47.0 Å². The number of rotatable bonds is 2. The third-order valence-electron chi connectivity index (χ3n) is 5.53. The van der Waals surface area contributed by atoms with Crippen LogP contribution in [0.3, 0.4) is 0 Å². The van der Waals surface area contributed by atoms with Crippen LogP contribution < -0.4 is 0 Å². The Kier molecular flexibility index (Phi) is 4.52. The van der Waals surface area contributed by atoms with Crippen molar-refractivity contribution in [3.8, 4) is 10.8 Å². The monoisotopic (exact) mass is 506 g/mol. The number of benzene rings is 1. The molecule has 0 aromatic heterocycles. The zero-order chi connectivity index (χ0) is 15.3. The summed E-state index contributed by atoms with van der Waals surface area (Å²) in [5, 5.41) is 0.777. The number of thioether (sulfide) groups is 1. The van der Waals surface area contributed by atoms with Crippen molar-refractivity contribution in [1.29, 1.82) is 0 Å². The second-order valence-corrected chi connectivity index (χ2v) is 10.6. The summed E-state index contributed by atoms with van der Waals surface area (Å²) >= 11 is 14.2. The predicted molar refractivity (Wildman–Crippen MR) is 107 cm³/mol. The minimum atomic E-state index is 0.447. The third-order valence-corrected chi connectivity index (χ3v) is 8.87. The van der Waals surface area contributed by atoms with Crippen LogP contribution in [0.1, 0.15) is 44.1 Å². The molecule has 0 unspecified atom stereocenters. The summed E-state index contributed by atoms with van der Waals surface area (Å²) in [5.41, 5.74) is 1.01. The van der Waals surface area contributed by atoms with E-state index >= 15 is 0 Å². The van der Waals surface area contributed by atoms with Gasteiger partial charge in [-0.1, -0.05) is 17.5 Å². The van der Waals surface area contributed by atoms with Crippen LogP contribution in [0.15, 0.2) is 17.0 Å². The van der Waals surface area contributed by atoms with Gasteiger partial charge in [-0.3, -0.25) is 0 Å². The highest BCUT2D eigenvalue weighted by Crippen LogP contribution is 2.62. The van der Waals surface area contributed by atoms with Crippen molar-refractivity contribution < 1.29 is 0 Å². The molecule has 5 rings (SSSR count). The lowest BCUT2D eigenvalue weighted by Gasteiger charge is -2.56. The normalized spacial score (nSPS) is 35.3. The molecule has 4 fully saturated rings. The molecule has 0 nitrogen and oxygen atoms in total. The van der Waals surface area contributed by atoms with E-state index in [1.807, 2.05) is 6.07 Å². The Morgan fingerprint density at radius 3 is 2.27 bits per heavy atom. The van der Waals surface area contributed by atoms with Gasteiger partial charge >= 0.3 is 0 Å². The Bertz CT molecular complexity index is 640. The highest BCUT2D eigenvalue weighted by atomic mass is 127. The molecule has 22 heavy (non-hydrogen) atoms.